The van der Waals surface area contributed by atoms with Gasteiger partial charge in [0.05, 0.1) is 20.1 Å². The van der Waals surface area contributed by atoms with Crippen LogP contribution in [0.1, 0.15) is 30.0 Å². The molecule has 1 aromatic carbocycles. The summed E-state index contributed by atoms with van der Waals surface area (Å²) in [5, 5.41) is 0. The van der Waals surface area contributed by atoms with Crippen molar-refractivity contribution in [3.05, 3.63) is 29.3 Å². The second-order valence-corrected chi connectivity index (χ2v) is 4.18. The van der Waals surface area contributed by atoms with Crippen LogP contribution in [-0.2, 0) is 16.0 Å². The number of nitrogens with two attached hydrogens (primary N) is 1. The lowest BCUT2D eigenvalue weighted by atomic mass is 10.1. The number of aryl methyl sites for hydroxylation is 1. The number of hydrogen-bond acceptors (Lipinski definition) is 4. The predicted octanol–water partition coefficient (Wildman–Crippen LogP) is 1.57. The smallest absolute Gasteiger partial charge is 0.308 e. The number of rotatable bonds is 4. The Morgan fingerprint density at radius 1 is 1.53 bits per heavy atom. The number of hydrogen-bond donors (Lipinski definition) is 1. The van der Waals surface area contributed by atoms with E-state index in [4.69, 9.17) is 10.5 Å². The molecular weight excluding hydrogens is 218 g/mol. The van der Waals surface area contributed by atoms with E-state index in [0.717, 1.165) is 18.6 Å². The fourth-order valence-corrected chi connectivity index (χ4v) is 2.07. The van der Waals surface area contributed by atoms with Crippen molar-refractivity contribution in [2.24, 2.45) is 5.73 Å². The van der Waals surface area contributed by atoms with Crippen molar-refractivity contribution >= 4 is 5.97 Å². The van der Waals surface area contributed by atoms with E-state index >= 15 is 0 Å². The van der Waals surface area contributed by atoms with Gasteiger partial charge in [0, 0.05) is 6.04 Å². The van der Waals surface area contributed by atoms with Crippen LogP contribution in [0.4, 0.5) is 0 Å². The monoisotopic (exact) mass is 235 g/mol. The van der Waals surface area contributed by atoms with Crippen molar-refractivity contribution in [1.29, 1.82) is 0 Å². The van der Waals surface area contributed by atoms with E-state index < -0.39 is 0 Å². The molecule has 0 spiro atoms. The molecule has 0 amide bonds. The molecule has 0 heterocycles. The number of methoxy groups -OCH3 is 1. The summed E-state index contributed by atoms with van der Waals surface area (Å²) < 4.78 is 10.0. The SMILES string of the molecule is COC(=O)CCOc1ccc2c(c1)CC[C@@H]2N. The van der Waals surface area contributed by atoms with E-state index in [-0.39, 0.29) is 18.4 Å². The number of benzene rings is 1. The lowest BCUT2D eigenvalue weighted by molar-refractivity contribution is -0.141. The maximum Gasteiger partial charge on any atom is 0.308 e. The largest absolute Gasteiger partial charge is 0.493 e. The molecule has 92 valence electrons. The molecule has 1 aliphatic rings. The van der Waals surface area contributed by atoms with Gasteiger partial charge in [-0.25, -0.2) is 0 Å². The molecule has 4 nitrogen and oxygen atoms in total. The summed E-state index contributed by atoms with van der Waals surface area (Å²) in [6, 6.07) is 6.09. The first-order chi connectivity index (χ1) is 8.20. The lowest BCUT2D eigenvalue weighted by Gasteiger charge is -2.08. The number of carbonyl (C=O) groups excluding carboxylic acids is 1. The first-order valence-electron chi connectivity index (χ1n) is 5.78. The first-order valence-corrected chi connectivity index (χ1v) is 5.78. The normalized spacial score (nSPS) is 17.6. The Bertz CT molecular complexity index is 417. The molecule has 0 radical (unpaired) electrons. The second-order valence-electron chi connectivity index (χ2n) is 4.18. The molecular formula is C13H17NO3. The van der Waals surface area contributed by atoms with Gasteiger partial charge in [0.1, 0.15) is 5.75 Å². The molecule has 1 aliphatic carbocycles. The predicted molar refractivity (Wildman–Crippen MR) is 63.8 cm³/mol. The van der Waals surface area contributed by atoms with E-state index in [0.29, 0.717) is 6.61 Å². The summed E-state index contributed by atoms with van der Waals surface area (Å²) in [5.74, 6) is 0.537. The van der Waals surface area contributed by atoms with Gasteiger partial charge in [-0.1, -0.05) is 6.07 Å². The van der Waals surface area contributed by atoms with E-state index in [1.54, 1.807) is 0 Å². The molecule has 1 atom stereocenters. The fourth-order valence-electron chi connectivity index (χ4n) is 2.07. The summed E-state index contributed by atoms with van der Waals surface area (Å²) >= 11 is 0. The Hall–Kier alpha value is -1.55. The first kappa shape index (κ1) is 11.9. The number of ether oxygens (including phenoxy) is 2. The third-order valence-corrected chi connectivity index (χ3v) is 3.04. The summed E-state index contributed by atoms with van der Waals surface area (Å²) in [6.45, 7) is 0.345. The van der Waals surface area contributed by atoms with Gasteiger partial charge in [-0.3, -0.25) is 4.79 Å². The van der Waals surface area contributed by atoms with Gasteiger partial charge in [-0.05, 0) is 36.1 Å². The highest BCUT2D eigenvalue weighted by atomic mass is 16.5. The average Bonchev–Trinajstić information content (AvgIpc) is 2.70. The summed E-state index contributed by atoms with van der Waals surface area (Å²) in [5.41, 5.74) is 8.42. The average molecular weight is 235 g/mol. The van der Waals surface area contributed by atoms with E-state index in [1.165, 1.54) is 18.2 Å². The third-order valence-electron chi connectivity index (χ3n) is 3.04. The van der Waals surface area contributed by atoms with Gasteiger partial charge in [0.2, 0.25) is 0 Å². The zero-order valence-electron chi connectivity index (χ0n) is 9.94. The third kappa shape index (κ3) is 2.77. The summed E-state index contributed by atoms with van der Waals surface area (Å²) in [4.78, 5) is 10.9. The maximum atomic E-state index is 10.9. The minimum atomic E-state index is -0.256. The molecule has 0 saturated heterocycles. The molecule has 0 aliphatic heterocycles. The van der Waals surface area contributed by atoms with Crippen LogP contribution in [-0.4, -0.2) is 19.7 Å². The minimum Gasteiger partial charge on any atom is -0.493 e. The van der Waals surface area contributed by atoms with Crippen LogP contribution in [0.25, 0.3) is 0 Å². The fraction of sp³-hybridized carbons (Fsp3) is 0.462. The Labute approximate surface area is 101 Å². The number of esters is 1. The van der Waals surface area contributed by atoms with E-state index in [9.17, 15) is 4.79 Å². The van der Waals surface area contributed by atoms with Crippen molar-refractivity contribution in [2.75, 3.05) is 13.7 Å². The molecule has 2 N–H and O–H groups in total. The van der Waals surface area contributed by atoms with Gasteiger partial charge in [-0.2, -0.15) is 0 Å². The highest BCUT2D eigenvalue weighted by Crippen LogP contribution is 2.31. The van der Waals surface area contributed by atoms with Gasteiger partial charge in [-0.15, -0.1) is 0 Å². The summed E-state index contributed by atoms with van der Waals surface area (Å²) in [6.07, 6.45) is 2.28. The Morgan fingerprint density at radius 2 is 2.35 bits per heavy atom. The van der Waals surface area contributed by atoms with Crippen molar-refractivity contribution in [1.82, 2.24) is 0 Å². The summed E-state index contributed by atoms with van der Waals surface area (Å²) in [7, 11) is 1.37. The van der Waals surface area contributed by atoms with Crippen molar-refractivity contribution in [2.45, 2.75) is 25.3 Å². The quantitative estimate of drug-likeness (QED) is 0.805. The van der Waals surface area contributed by atoms with Crippen molar-refractivity contribution < 1.29 is 14.3 Å². The molecule has 0 aromatic heterocycles. The van der Waals surface area contributed by atoms with E-state index in [2.05, 4.69) is 4.74 Å². The van der Waals surface area contributed by atoms with Crippen LogP contribution < -0.4 is 10.5 Å². The zero-order chi connectivity index (χ0) is 12.3. The van der Waals surface area contributed by atoms with Crippen LogP contribution in [0.15, 0.2) is 18.2 Å². The number of fused-ring (bicyclic) bond motifs is 1. The Morgan fingerprint density at radius 3 is 3.12 bits per heavy atom. The maximum absolute atomic E-state index is 10.9. The number of carbonyl (C=O) groups is 1. The van der Waals surface area contributed by atoms with E-state index in [1.807, 2.05) is 18.2 Å². The van der Waals surface area contributed by atoms with Crippen LogP contribution in [0.2, 0.25) is 0 Å². The lowest BCUT2D eigenvalue weighted by Crippen LogP contribution is -2.08. The molecule has 2 rings (SSSR count). The van der Waals surface area contributed by atoms with Gasteiger partial charge < -0.3 is 15.2 Å². The topological polar surface area (TPSA) is 61.5 Å². The van der Waals surface area contributed by atoms with Crippen LogP contribution in [0.3, 0.4) is 0 Å². The van der Waals surface area contributed by atoms with Crippen LogP contribution in [0, 0.1) is 0 Å². The van der Waals surface area contributed by atoms with Crippen LogP contribution in [0.5, 0.6) is 5.75 Å². The highest BCUT2D eigenvalue weighted by molar-refractivity contribution is 5.69. The molecule has 0 fully saturated rings. The van der Waals surface area contributed by atoms with Gasteiger partial charge >= 0.3 is 5.97 Å². The highest BCUT2D eigenvalue weighted by Gasteiger charge is 2.19. The molecule has 0 saturated carbocycles. The second kappa shape index (κ2) is 5.19. The molecule has 0 unspecified atom stereocenters. The molecule has 17 heavy (non-hydrogen) atoms. The van der Waals surface area contributed by atoms with Crippen molar-refractivity contribution in [3.63, 3.8) is 0 Å². The molecule has 1 aromatic rings. The van der Waals surface area contributed by atoms with Crippen molar-refractivity contribution in [3.8, 4) is 5.75 Å². The zero-order valence-corrected chi connectivity index (χ0v) is 9.94. The van der Waals surface area contributed by atoms with Gasteiger partial charge in [0.15, 0.2) is 0 Å². The minimum absolute atomic E-state index is 0.161. The van der Waals surface area contributed by atoms with Gasteiger partial charge in [0.25, 0.3) is 0 Å². The molecule has 0 bridgehead atoms. The molecule has 4 heteroatoms. The Kier molecular flexibility index (Phi) is 3.64. The van der Waals surface area contributed by atoms with Crippen LogP contribution >= 0.6 is 0 Å². The Balaban J connectivity index is 1.92. The standard InChI is InChI=1S/C13H17NO3/c1-16-13(15)6-7-17-10-3-4-11-9(8-10)2-5-12(11)14/h3-4,8,12H,2,5-7,14H2,1H3/t12-/m0/s1.